The Morgan fingerprint density at radius 2 is 1.67 bits per heavy atom. The maximum absolute atomic E-state index is 8.48. The minimum Gasteiger partial charge on any atom is -0.598 e. The van der Waals surface area contributed by atoms with Crippen LogP contribution in [0.15, 0.2) is 0 Å². The Labute approximate surface area is 66.4 Å². The summed E-state index contributed by atoms with van der Waals surface area (Å²) in [6, 6.07) is 0. The van der Waals surface area contributed by atoms with Gasteiger partial charge >= 0.3 is 16.5 Å². The molecule has 0 spiro atoms. The van der Waals surface area contributed by atoms with Crippen molar-refractivity contribution in [3.8, 4) is 0 Å². The van der Waals surface area contributed by atoms with Crippen molar-refractivity contribution in [3.63, 3.8) is 0 Å². The first-order valence-electron chi connectivity index (χ1n) is 2.25. The number of hydrogen-bond donors (Lipinski definition) is 0. The first kappa shape index (κ1) is 16.3. The summed E-state index contributed by atoms with van der Waals surface area (Å²) in [7, 11) is -3.37. The third-order valence-corrected chi connectivity index (χ3v) is 0.354. The van der Waals surface area contributed by atoms with Crippen LogP contribution in [0.2, 0.25) is 0 Å². The van der Waals surface area contributed by atoms with Crippen LogP contribution in [0, 0.1) is 6.92 Å². The molecular weight excluding hydrogens is 186 g/mol. The van der Waals surface area contributed by atoms with Gasteiger partial charge in [0.05, 0.1) is 0 Å². The molecule has 5 heteroatoms. The summed E-state index contributed by atoms with van der Waals surface area (Å²) in [5, 5.41) is 0. The average molecular weight is 195 g/mol. The summed E-state index contributed by atoms with van der Waals surface area (Å²) in [5.74, 6) is 0. The number of unbranched alkanes of at least 4 members (excludes halogenated alkanes) is 1. The molecule has 0 aromatic carbocycles. The molecule has 0 aliphatic heterocycles. The van der Waals surface area contributed by atoms with Gasteiger partial charge < -0.3 is 16.7 Å². The summed E-state index contributed by atoms with van der Waals surface area (Å²) in [6.45, 7) is 5.72. The van der Waals surface area contributed by atoms with E-state index in [4.69, 9.17) is 14.4 Å². The first-order chi connectivity index (χ1) is 3.65. The number of hydrogen-bond acceptors (Lipinski definition) is 3. The van der Waals surface area contributed by atoms with Crippen LogP contribution in [-0.2, 0) is 21.1 Å². The average Bonchev–Trinajstić information content (AvgIpc) is 1.65. The van der Waals surface area contributed by atoms with Gasteiger partial charge in [0.25, 0.3) is 8.25 Å². The summed E-state index contributed by atoms with van der Waals surface area (Å²) in [4.78, 5) is 17.0. The molecule has 1 radical (unpaired) electrons. The fourth-order valence-electron chi connectivity index (χ4n) is 0. The zero-order valence-corrected chi connectivity index (χ0v) is 6.99. The van der Waals surface area contributed by atoms with Gasteiger partial charge in [-0.25, -0.2) is 0 Å². The predicted octanol–water partition coefficient (Wildman–Crippen LogP) is -0.0175. The van der Waals surface area contributed by atoms with Crippen molar-refractivity contribution in [1.29, 1.82) is 0 Å². The van der Waals surface area contributed by atoms with Crippen LogP contribution in [0.4, 0.5) is 0 Å². The molecular formula is C4H9NiO3P+. The van der Waals surface area contributed by atoms with E-state index in [1.807, 2.05) is 0 Å². The van der Waals surface area contributed by atoms with Crippen LogP contribution in [0.25, 0.3) is 0 Å². The molecule has 0 N–H and O–H groups in total. The van der Waals surface area contributed by atoms with Crippen LogP contribution in [-0.4, -0.2) is 0 Å². The molecule has 0 aliphatic carbocycles. The van der Waals surface area contributed by atoms with Crippen LogP contribution >= 0.6 is 8.25 Å². The Morgan fingerprint density at radius 3 is 1.67 bits per heavy atom. The molecule has 0 saturated carbocycles. The van der Waals surface area contributed by atoms with Crippen molar-refractivity contribution in [2.24, 2.45) is 0 Å². The van der Waals surface area contributed by atoms with Gasteiger partial charge in [-0.2, -0.15) is 6.42 Å². The molecule has 0 saturated heterocycles. The molecule has 0 rings (SSSR count). The van der Waals surface area contributed by atoms with Crippen molar-refractivity contribution in [1.82, 2.24) is 0 Å². The summed E-state index contributed by atoms with van der Waals surface area (Å²) >= 11 is 0. The van der Waals surface area contributed by atoms with E-state index in [0.717, 1.165) is 6.42 Å². The molecule has 0 amide bonds. The second kappa shape index (κ2) is 15.8. The number of rotatable bonds is 1. The van der Waals surface area contributed by atoms with Gasteiger partial charge in [0.1, 0.15) is 0 Å². The SMILES string of the molecule is O=[P+]([O-])[O-].[CH2-]CCC.[Ni+3]. The van der Waals surface area contributed by atoms with E-state index >= 15 is 0 Å². The van der Waals surface area contributed by atoms with E-state index in [0.29, 0.717) is 0 Å². The summed E-state index contributed by atoms with van der Waals surface area (Å²) in [5.41, 5.74) is 0. The minimum absolute atomic E-state index is 0. The molecule has 3 nitrogen and oxygen atoms in total. The molecule has 0 aromatic rings. The topological polar surface area (TPSA) is 63.2 Å². The zero-order chi connectivity index (χ0) is 6.99. The fraction of sp³-hybridized carbons (Fsp3) is 0.750. The van der Waals surface area contributed by atoms with Crippen LogP contribution in [0.3, 0.4) is 0 Å². The fourth-order valence-corrected chi connectivity index (χ4v) is 0. The van der Waals surface area contributed by atoms with Crippen LogP contribution in [0.1, 0.15) is 19.8 Å². The summed E-state index contributed by atoms with van der Waals surface area (Å²) < 4.78 is 8.48. The van der Waals surface area contributed by atoms with Gasteiger partial charge in [0, 0.05) is 0 Å². The molecule has 0 aliphatic rings. The van der Waals surface area contributed by atoms with Gasteiger partial charge in [0.15, 0.2) is 0 Å². The smallest absolute Gasteiger partial charge is 0.598 e. The molecule has 0 bridgehead atoms. The molecule has 0 unspecified atom stereocenters. The first-order valence-corrected chi connectivity index (χ1v) is 3.35. The Bertz CT molecular complexity index is 53.8. The summed E-state index contributed by atoms with van der Waals surface area (Å²) in [6.07, 6.45) is 2.28. The minimum atomic E-state index is -3.37. The molecule has 9 heavy (non-hydrogen) atoms. The third kappa shape index (κ3) is 158. The second-order valence-electron chi connectivity index (χ2n) is 1.08. The Morgan fingerprint density at radius 1 is 1.56 bits per heavy atom. The van der Waals surface area contributed by atoms with Crippen molar-refractivity contribution in [2.75, 3.05) is 0 Å². The quantitative estimate of drug-likeness (QED) is 0.335. The molecule has 57 valence electrons. The van der Waals surface area contributed by atoms with Crippen molar-refractivity contribution >= 4 is 8.25 Å². The predicted molar refractivity (Wildman–Crippen MR) is 27.9 cm³/mol. The largest absolute Gasteiger partial charge is 3.00 e. The monoisotopic (exact) mass is 194 g/mol. The standard InChI is InChI=1S/C4H9.Ni.HO3P/c1-3-4-2;;1-4(2)3/h1,3-4H2,2H3;;(H,1,2,3)/q-1;+3;/p-1. The van der Waals surface area contributed by atoms with E-state index in [1.54, 1.807) is 0 Å². The molecule has 0 aromatic heterocycles. The van der Waals surface area contributed by atoms with Gasteiger partial charge in [-0.05, 0) is 0 Å². The van der Waals surface area contributed by atoms with Crippen molar-refractivity contribution in [3.05, 3.63) is 6.92 Å². The normalized spacial score (nSPS) is 6.22. The van der Waals surface area contributed by atoms with Crippen LogP contribution < -0.4 is 9.79 Å². The maximum Gasteiger partial charge on any atom is 3.00 e. The zero-order valence-electron chi connectivity index (χ0n) is 5.11. The Kier molecular flexibility index (Phi) is 28.6. The maximum atomic E-state index is 8.48. The van der Waals surface area contributed by atoms with E-state index in [-0.39, 0.29) is 16.5 Å². The molecule has 0 fully saturated rings. The van der Waals surface area contributed by atoms with Crippen molar-refractivity contribution < 1.29 is 30.8 Å². The van der Waals surface area contributed by atoms with E-state index < -0.39 is 8.25 Å². The van der Waals surface area contributed by atoms with Gasteiger partial charge in [-0.1, -0.05) is 17.9 Å². The van der Waals surface area contributed by atoms with E-state index in [9.17, 15) is 0 Å². The molecule has 0 heterocycles. The Balaban J connectivity index is -0.0000000720. The van der Waals surface area contributed by atoms with Crippen LogP contribution in [0.5, 0.6) is 0 Å². The Hall–Kier alpha value is 0.514. The third-order valence-electron chi connectivity index (χ3n) is 0.354. The van der Waals surface area contributed by atoms with Gasteiger partial charge in [0.2, 0.25) is 0 Å². The van der Waals surface area contributed by atoms with E-state index in [1.165, 1.54) is 6.42 Å². The molecule has 0 atom stereocenters. The van der Waals surface area contributed by atoms with Gasteiger partial charge in [-0.15, -0.1) is 0 Å². The van der Waals surface area contributed by atoms with Gasteiger partial charge in [-0.3, -0.25) is 0 Å². The second-order valence-corrected chi connectivity index (χ2v) is 1.52. The van der Waals surface area contributed by atoms with Crippen molar-refractivity contribution in [2.45, 2.75) is 19.8 Å². The van der Waals surface area contributed by atoms with E-state index in [2.05, 4.69) is 13.8 Å².